The first kappa shape index (κ1) is 18.8. The summed E-state index contributed by atoms with van der Waals surface area (Å²) in [7, 11) is 1.50. The van der Waals surface area contributed by atoms with Gasteiger partial charge in [-0.2, -0.15) is 0 Å². The molecule has 140 valence electrons. The lowest BCUT2D eigenvalue weighted by Crippen LogP contribution is -2.30. The summed E-state index contributed by atoms with van der Waals surface area (Å²) in [6.45, 7) is 3.25. The van der Waals surface area contributed by atoms with Crippen molar-refractivity contribution in [3.05, 3.63) is 58.8 Å². The molecule has 0 spiro atoms. The molecule has 0 aliphatic heterocycles. The first-order valence-electron chi connectivity index (χ1n) is 8.24. The van der Waals surface area contributed by atoms with Crippen LogP contribution in [0.15, 0.2) is 46.9 Å². The van der Waals surface area contributed by atoms with Gasteiger partial charge in [-0.05, 0) is 38.1 Å². The molecular formula is C20H18ClNO5. The summed E-state index contributed by atoms with van der Waals surface area (Å²) in [5.74, 6) is -0.602. The Labute approximate surface area is 161 Å². The van der Waals surface area contributed by atoms with Crippen molar-refractivity contribution in [2.24, 2.45) is 0 Å². The van der Waals surface area contributed by atoms with Crippen molar-refractivity contribution in [3.8, 4) is 5.75 Å². The molecule has 27 heavy (non-hydrogen) atoms. The van der Waals surface area contributed by atoms with E-state index in [1.54, 1.807) is 31.2 Å². The van der Waals surface area contributed by atoms with Crippen LogP contribution in [0.4, 0.5) is 5.69 Å². The molecule has 6 nitrogen and oxygen atoms in total. The first-order valence-corrected chi connectivity index (χ1v) is 8.62. The number of furan rings is 1. The van der Waals surface area contributed by atoms with E-state index in [1.165, 1.54) is 14.0 Å². The van der Waals surface area contributed by atoms with Crippen molar-refractivity contribution in [1.29, 1.82) is 0 Å². The molecule has 1 amide bonds. The van der Waals surface area contributed by atoms with E-state index in [0.29, 0.717) is 27.6 Å². The Morgan fingerprint density at radius 1 is 1.19 bits per heavy atom. The second-order valence-electron chi connectivity index (χ2n) is 5.94. The van der Waals surface area contributed by atoms with Crippen molar-refractivity contribution < 1.29 is 23.5 Å². The van der Waals surface area contributed by atoms with Crippen molar-refractivity contribution in [1.82, 2.24) is 0 Å². The summed E-state index contributed by atoms with van der Waals surface area (Å²) in [5, 5.41) is 3.83. The van der Waals surface area contributed by atoms with E-state index in [-0.39, 0.29) is 5.76 Å². The van der Waals surface area contributed by atoms with E-state index in [4.69, 9.17) is 25.5 Å². The Kier molecular flexibility index (Phi) is 5.37. The zero-order valence-electron chi connectivity index (χ0n) is 15.0. The third-order valence-corrected chi connectivity index (χ3v) is 4.40. The van der Waals surface area contributed by atoms with Crippen LogP contribution < -0.4 is 10.1 Å². The van der Waals surface area contributed by atoms with E-state index < -0.39 is 18.0 Å². The topological polar surface area (TPSA) is 77.8 Å². The Morgan fingerprint density at radius 2 is 1.93 bits per heavy atom. The third-order valence-electron chi connectivity index (χ3n) is 4.10. The molecule has 0 saturated carbocycles. The lowest BCUT2D eigenvalue weighted by molar-refractivity contribution is -0.123. The number of hydrogen-bond acceptors (Lipinski definition) is 5. The molecule has 0 saturated heterocycles. The molecule has 1 N–H and O–H groups in total. The van der Waals surface area contributed by atoms with Crippen LogP contribution in [0.1, 0.15) is 23.0 Å². The number of hydrogen-bond donors (Lipinski definition) is 1. The summed E-state index contributed by atoms with van der Waals surface area (Å²) in [4.78, 5) is 24.7. The maximum atomic E-state index is 12.4. The number of aryl methyl sites for hydroxylation is 1. The quantitative estimate of drug-likeness (QED) is 0.648. The van der Waals surface area contributed by atoms with E-state index in [2.05, 4.69) is 5.32 Å². The highest BCUT2D eigenvalue weighted by molar-refractivity contribution is 6.32. The SMILES string of the molecule is COc1ccc(NC(=O)[C@H](C)OC(=O)c2oc3ccccc3c2C)cc1Cl. The molecule has 1 heterocycles. The molecule has 0 aliphatic carbocycles. The van der Waals surface area contributed by atoms with Gasteiger partial charge in [-0.25, -0.2) is 4.79 Å². The molecule has 1 aromatic heterocycles. The standard InChI is InChI=1S/C20H18ClNO5/c1-11-14-6-4-5-7-16(14)27-18(11)20(24)26-12(2)19(23)22-13-8-9-17(25-3)15(21)10-13/h4-10,12H,1-3H3,(H,22,23)/t12-/m0/s1. The maximum absolute atomic E-state index is 12.4. The summed E-state index contributed by atoms with van der Waals surface area (Å²) in [5.41, 5.74) is 1.73. The van der Waals surface area contributed by atoms with Gasteiger partial charge in [-0.1, -0.05) is 29.8 Å². The zero-order chi connectivity index (χ0) is 19.6. The number of carbonyl (C=O) groups excluding carboxylic acids is 2. The molecule has 0 aliphatic rings. The first-order chi connectivity index (χ1) is 12.9. The van der Waals surface area contributed by atoms with Gasteiger partial charge in [0.1, 0.15) is 11.3 Å². The Balaban J connectivity index is 1.69. The molecule has 7 heteroatoms. The van der Waals surface area contributed by atoms with Crippen LogP contribution in [0.25, 0.3) is 11.0 Å². The number of para-hydroxylation sites is 1. The number of fused-ring (bicyclic) bond motifs is 1. The molecular weight excluding hydrogens is 370 g/mol. The smallest absolute Gasteiger partial charge is 0.375 e. The van der Waals surface area contributed by atoms with Gasteiger partial charge in [0, 0.05) is 16.6 Å². The van der Waals surface area contributed by atoms with Gasteiger partial charge in [-0.3, -0.25) is 4.79 Å². The zero-order valence-corrected chi connectivity index (χ0v) is 15.8. The fraction of sp³-hybridized carbons (Fsp3) is 0.200. The number of ether oxygens (including phenoxy) is 2. The van der Waals surface area contributed by atoms with Crippen LogP contribution in [0, 0.1) is 6.92 Å². The number of amides is 1. The van der Waals surface area contributed by atoms with Gasteiger partial charge in [0.25, 0.3) is 5.91 Å². The molecule has 0 fully saturated rings. The minimum absolute atomic E-state index is 0.0864. The number of halogens is 1. The number of methoxy groups -OCH3 is 1. The van der Waals surface area contributed by atoms with E-state index in [0.717, 1.165) is 5.39 Å². The van der Waals surface area contributed by atoms with Gasteiger partial charge in [0.05, 0.1) is 12.1 Å². The van der Waals surface area contributed by atoms with Crippen LogP contribution >= 0.6 is 11.6 Å². The van der Waals surface area contributed by atoms with Crippen LogP contribution in [0.2, 0.25) is 5.02 Å². The van der Waals surface area contributed by atoms with Gasteiger partial charge in [0.15, 0.2) is 6.10 Å². The van der Waals surface area contributed by atoms with Crippen molar-refractivity contribution in [3.63, 3.8) is 0 Å². The monoisotopic (exact) mass is 387 g/mol. The van der Waals surface area contributed by atoms with Crippen LogP contribution in [0.3, 0.4) is 0 Å². The minimum atomic E-state index is -1.02. The third kappa shape index (κ3) is 3.90. The number of rotatable bonds is 5. The molecule has 2 aromatic carbocycles. The van der Waals surface area contributed by atoms with Crippen LogP contribution in [0.5, 0.6) is 5.75 Å². The molecule has 1 atom stereocenters. The number of nitrogens with one attached hydrogen (secondary N) is 1. The highest BCUT2D eigenvalue weighted by Gasteiger charge is 2.24. The van der Waals surface area contributed by atoms with Crippen LogP contribution in [-0.2, 0) is 9.53 Å². The van der Waals surface area contributed by atoms with Crippen molar-refractivity contribution in [2.45, 2.75) is 20.0 Å². The van der Waals surface area contributed by atoms with Crippen LogP contribution in [-0.4, -0.2) is 25.1 Å². The average Bonchev–Trinajstić information content (AvgIpc) is 2.99. The van der Waals surface area contributed by atoms with E-state index in [1.807, 2.05) is 18.2 Å². The lowest BCUT2D eigenvalue weighted by atomic mass is 10.1. The summed E-state index contributed by atoms with van der Waals surface area (Å²) in [6, 6.07) is 12.1. The van der Waals surface area contributed by atoms with Gasteiger partial charge < -0.3 is 19.2 Å². The molecule has 0 unspecified atom stereocenters. The second kappa shape index (κ2) is 7.72. The van der Waals surface area contributed by atoms with Gasteiger partial charge >= 0.3 is 5.97 Å². The fourth-order valence-electron chi connectivity index (χ4n) is 2.62. The number of esters is 1. The predicted molar refractivity (Wildman–Crippen MR) is 102 cm³/mol. The summed E-state index contributed by atoms with van der Waals surface area (Å²) >= 11 is 6.04. The Bertz CT molecular complexity index is 1010. The fourth-order valence-corrected chi connectivity index (χ4v) is 2.88. The molecule has 3 aromatic rings. The number of carbonyl (C=O) groups is 2. The highest BCUT2D eigenvalue weighted by atomic mass is 35.5. The predicted octanol–water partition coefficient (Wildman–Crippen LogP) is 4.59. The van der Waals surface area contributed by atoms with Gasteiger partial charge in [-0.15, -0.1) is 0 Å². The van der Waals surface area contributed by atoms with Crippen molar-refractivity contribution >= 4 is 40.1 Å². The Hall–Kier alpha value is -2.99. The Morgan fingerprint density at radius 3 is 2.59 bits per heavy atom. The second-order valence-corrected chi connectivity index (χ2v) is 6.35. The average molecular weight is 388 g/mol. The largest absolute Gasteiger partial charge is 0.495 e. The van der Waals surface area contributed by atoms with Crippen molar-refractivity contribution in [2.75, 3.05) is 12.4 Å². The minimum Gasteiger partial charge on any atom is -0.495 e. The molecule has 0 radical (unpaired) electrons. The summed E-state index contributed by atoms with van der Waals surface area (Å²) < 4.78 is 15.9. The lowest BCUT2D eigenvalue weighted by Gasteiger charge is -2.13. The van der Waals surface area contributed by atoms with E-state index >= 15 is 0 Å². The normalized spacial score (nSPS) is 11.9. The summed E-state index contributed by atoms with van der Waals surface area (Å²) in [6.07, 6.45) is -1.02. The van der Waals surface area contributed by atoms with Gasteiger partial charge in [0.2, 0.25) is 5.76 Å². The molecule has 3 rings (SSSR count). The van der Waals surface area contributed by atoms with E-state index in [9.17, 15) is 9.59 Å². The number of benzene rings is 2. The number of anilines is 1. The maximum Gasteiger partial charge on any atom is 0.375 e. The highest BCUT2D eigenvalue weighted by Crippen LogP contribution is 2.28. The molecule has 0 bridgehead atoms.